The Labute approximate surface area is 105 Å². The molecule has 3 heteroatoms. The largest absolute Gasteiger partial charge is 0.507 e. The van der Waals surface area contributed by atoms with Crippen LogP contribution in [-0.4, -0.2) is 15.9 Å². The normalized spacial score (nSPS) is 11.3. The van der Waals surface area contributed by atoms with Gasteiger partial charge < -0.3 is 5.11 Å². The number of ketones is 1. The van der Waals surface area contributed by atoms with Gasteiger partial charge >= 0.3 is 0 Å². The van der Waals surface area contributed by atoms with E-state index in [0.717, 1.165) is 0 Å². The number of nitrogens with zero attached hydrogens (tertiary/aromatic N) is 1. The van der Waals surface area contributed by atoms with Gasteiger partial charge in [-0.15, -0.1) is 0 Å². The van der Waals surface area contributed by atoms with Gasteiger partial charge in [0.1, 0.15) is 5.75 Å². The van der Waals surface area contributed by atoms with Crippen molar-refractivity contribution in [3.05, 3.63) is 59.9 Å². The third kappa shape index (κ3) is 2.63. The van der Waals surface area contributed by atoms with E-state index < -0.39 is 0 Å². The zero-order chi connectivity index (χ0) is 13.0. The number of aromatic nitrogens is 1. The second kappa shape index (κ2) is 5.27. The lowest BCUT2D eigenvalue weighted by molar-refractivity contribution is -0.111. The van der Waals surface area contributed by atoms with Gasteiger partial charge in [-0.05, 0) is 31.2 Å². The van der Waals surface area contributed by atoms with Gasteiger partial charge in [-0.1, -0.05) is 24.3 Å². The Hall–Kier alpha value is -2.42. The molecule has 2 rings (SSSR count). The number of hydrogen-bond acceptors (Lipinski definition) is 3. The van der Waals surface area contributed by atoms with Crippen molar-refractivity contribution in [3.8, 4) is 5.75 Å². The standard InChI is InChI=1S/C15H13NO2/c1-11(17)13(14-7-4-5-9-16-14)10-12-6-2-3-8-15(12)18/h2-10,18H,1H3/b13-10-. The molecule has 2 aromatic rings. The number of aromatic hydroxyl groups is 1. The Morgan fingerprint density at radius 1 is 1.17 bits per heavy atom. The van der Waals surface area contributed by atoms with E-state index in [1.807, 2.05) is 12.1 Å². The number of hydrogen-bond donors (Lipinski definition) is 1. The summed E-state index contributed by atoms with van der Waals surface area (Å²) in [5, 5.41) is 9.71. The molecule has 0 unspecified atom stereocenters. The third-order valence-electron chi connectivity index (χ3n) is 2.56. The smallest absolute Gasteiger partial charge is 0.161 e. The number of phenolic OH excluding ortho intramolecular Hbond substituents is 1. The van der Waals surface area contributed by atoms with Gasteiger partial charge in [0.05, 0.1) is 5.69 Å². The zero-order valence-electron chi connectivity index (χ0n) is 10.00. The van der Waals surface area contributed by atoms with Crippen LogP contribution in [0, 0.1) is 0 Å². The fourth-order valence-electron chi connectivity index (χ4n) is 1.64. The van der Waals surface area contributed by atoms with E-state index >= 15 is 0 Å². The molecule has 0 spiro atoms. The number of rotatable bonds is 3. The fourth-order valence-corrected chi connectivity index (χ4v) is 1.64. The predicted octanol–water partition coefficient (Wildman–Crippen LogP) is 2.92. The van der Waals surface area contributed by atoms with Crippen molar-refractivity contribution in [1.82, 2.24) is 4.98 Å². The summed E-state index contributed by atoms with van der Waals surface area (Å²) in [6.07, 6.45) is 3.29. The zero-order valence-corrected chi connectivity index (χ0v) is 10.00. The van der Waals surface area contributed by atoms with Crippen LogP contribution in [0.3, 0.4) is 0 Å². The number of pyridine rings is 1. The van der Waals surface area contributed by atoms with Crippen LogP contribution in [0.25, 0.3) is 11.6 Å². The first-order valence-electron chi connectivity index (χ1n) is 5.60. The lowest BCUT2D eigenvalue weighted by Crippen LogP contribution is -1.98. The average molecular weight is 239 g/mol. The monoisotopic (exact) mass is 239 g/mol. The molecule has 0 aliphatic heterocycles. The molecule has 0 saturated carbocycles. The number of carbonyl (C=O) groups excluding carboxylic acids is 1. The molecular formula is C15H13NO2. The van der Waals surface area contributed by atoms with Crippen LogP contribution >= 0.6 is 0 Å². The summed E-state index contributed by atoms with van der Waals surface area (Å²) >= 11 is 0. The SMILES string of the molecule is CC(=O)/C(=C/c1ccccc1O)c1ccccn1. The summed E-state index contributed by atoms with van der Waals surface area (Å²) < 4.78 is 0. The highest BCUT2D eigenvalue weighted by Gasteiger charge is 2.09. The van der Waals surface area contributed by atoms with Crippen LogP contribution in [0.1, 0.15) is 18.2 Å². The van der Waals surface area contributed by atoms with Gasteiger partial charge in [-0.3, -0.25) is 9.78 Å². The predicted molar refractivity (Wildman–Crippen MR) is 70.9 cm³/mol. The van der Waals surface area contributed by atoms with E-state index in [-0.39, 0.29) is 11.5 Å². The van der Waals surface area contributed by atoms with Crippen LogP contribution in [0.2, 0.25) is 0 Å². The van der Waals surface area contributed by atoms with Crippen LogP contribution in [0.15, 0.2) is 48.7 Å². The molecule has 0 aliphatic rings. The maximum atomic E-state index is 11.7. The number of allylic oxidation sites excluding steroid dienone is 1. The van der Waals surface area contributed by atoms with E-state index in [9.17, 15) is 9.90 Å². The summed E-state index contributed by atoms with van der Waals surface area (Å²) in [5.41, 5.74) is 1.69. The van der Waals surface area contributed by atoms with Crippen LogP contribution in [0.5, 0.6) is 5.75 Å². The minimum atomic E-state index is -0.0862. The Balaban J connectivity index is 2.50. The summed E-state index contributed by atoms with van der Waals surface area (Å²) in [6, 6.07) is 12.3. The lowest BCUT2D eigenvalue weighted by Gasteiger charge is -2.04. The summed E-state index contributed by atoms with van der Waals surface area (Å²) in [6.45, 7) is 1.49. The Bertz CT molecular complexity index is 588. The molecule has 0 atom stereocenters. The molecule has 0 aliphatic carbocycles. The molecule has 0 saturated heterocycles. The van der Waals surface area contributed by atoms with E-state index in [1.54, 1.807) is 42.6 Å². The van der Waals surface area contributed by atoms with Crippen LogP contribution in [0.4, 0.5) is 0 Å². The molecule has 1 aromatic carbocycles. The summed E-state index contributed by atoms with van der Waals surface area (Å²) in [7, 11) is 0. The Kier molecular flexibility index (Phi) is 3.53. The van der Waals surface area contributed by atoms with E-state index in [1.165, 1.54) is 6.92 Å². The van der Waals surface area contributed by atoms with Crippen LogP contribution < -0.4 is 0 Å². The first-order valence-corrected chi connectivity index (χ1v) is 5.60. The summed E-state index contributed by atoms with van der Waals surface area (Å²) in [4.78, 5) is 15.8. The average Bonchev–Trinajstić information content (AvgIpc) is 2.38. The van der Waals surface area contributed by atoms with Crippen LogP contribution in [-0.2, 0) is 4.79 Å². The number of phenols is 1. The Morgan fingerprint density at radius 2 is 1.89 bits per heavy atom. The van der Waals surface area contributed by atoms with Crippen molar-refractivity contribution in [1.29, 1.82) is 0 Å². The molecule has 18 heavy (non-hydrogen) atoms. The molecule has 1 aromatic heterocycles. The quantitative estimate of drug-likeness (QED) is 0.838. The van der Waals surface area contributed by atoms with Gasteiger partial charge in [-0.25, -0.2) is 0 Å². The van der Waals surface area contributed by atoms with Gasteiger partial charge in [0.15, 0.2) is 5.78 Å². The fraction of sp³-hybridized carbons (Fsp3) is 0.0667. The molecule has 0 radical (unpaired) electrons. The first-order chi connectivity index (χ1) is 8.68. The molecule has 1 heterocycles. The van der Waals surface area contributed by atoms with Crippen molar-refractivity contribution in [2.24, 2.45) is 0 Å². The van der Waals surface area contributed by atoms with Crippen molar-refractivity contribution < 1.29 is 9.90 Å². The number of benzene rings is 1. The highest BCUT2D eigenvalue weighted by molar-refractivity contribution is 6.23. The molecule has 1 N–H and O–H groups in total. The maximum Gasteiger partial charge on any atom is 0.161 e. The maximum absolute atomic E-state index is 11.7. The third-order valence-corrected chi connectivity index (χ3v) is 2.56. The molecular weight excluding hydrogens is 226 g/mol. The molecule has 0 bridgehead atoms. The molecule has 0 amide bonds. The second-order valence-corrected chi connectivity index (χ2v) is 3.89. The molecule has 90 valence electrons. The van der Waals surface area contributed by atoms with E-state index in [2.05, 4.69) is 4.98 Å². The molecule has 3 nitrogen and oxygen atoms in total. The second-order valence-electron chi connectivity index (χ2n) is 3.89. The molecule has 0 fully saturated rings. The summed E-state index contributed by atoms with van der Waals surface area (Å²) in [5.74, 6) is 0.0594. The van der Waals surface area contributed by atoms with E-state index in [4.69, 9.17) is 0 Å². The van der Waals surface area contributed by atoms with Gasteiger partial charge in [-0.2, -0.15) is 0 Å². The van der Waals surface area contributed by atoms with Crippen molar-refractivity contribution in [2.75, 3.05) is 0 Å². The van der Waals surface area contributed by atoms with Crippen molar-refractivity contribution in [3.63, 3.8) is 0 Å². The highest BCUT2D eigenvalue weighted by Crippen LogP contribution is 2.23. The number of carbonyl (C=O) groups is 1. The highest BCUT2D eigenvalue weighted by atomic mass is 16.3. The van der Waals surface area contributed by atoms with Gasteiger partial charge in [0.2, 0.25) is 0 Å². The van der Waals surface area contributed by atoms with E-state index in [0.29, 0.717) is 16.8 Å². The topological polar surface area (TPSA) is 50.2 Å². The minimum absolute atomic E-state index is 0.0862. The number of para-hydroxylation sites is 1. The number of Topliss-reactive ketones (excluding diaryl/α,β-unsaturated/α-hetero) is 1. The van der Waals surface area contributed by atoms with Gasteiger partial charge in [0.25, 0.3) is 0 Å². The lowest BCUT2D eigenvalue weighted by atomic mass is 10.0. The minimum Gasteiger partial charge on any atom is -0.507 e. The first kappa shape index (κ1) is 12.0. The van der Waals surface area contributed by atoms with Gasteiger partial charge in [0, 0.05) is 17.3 Å². The van der Waals surface area contributed by atoms with Crippen molar-refractivity contribution in [2.45, 2.75) is 6.92 Å². The Morgan fingerprint density at radius 3 is 2.50 bits per heavy atom. The van der Waals surface area contributed by atoms with Crippen molar-refractivity contribution >= 4 is 17.4 Å².